The Labute approximate surface area is 349 Å². The van der Waals surface area contributed by atoms with Gasteiger partial charge < -0.3 is 38.6 Å². The van der Waals surface area contributed by atoms with Gasteiger partial charge >= 0.3 is 17.6 Å². The molecule has 0 aliphatic rings. The van der Waals surface area contributed by atoms with Crippen LogP contribution in [0.2, 0.25) is 148 Å². The summed E-state index contributed by atoms with van der Waals surface area (Å²) in [7, 11) is -18.3. The Morgan fingerprint density at radius 3 is 1.35 bits per heavy atom. The molecule has 1 rings (SSSR count). The van der Waals surface area contributed by atoms with Gasteiger partial charge in [-0.2, -0.15) is 0 Å². The van der Waals surface area contributed by atoms with Gasteiger partial charge in [-0.3, -0.25) is 0 Å². The van der Waals surface area contributed by atoms with Gasteiger partial charge in [0.15, 0.2) is 58.2 Å². The molecule has 0 radical (unpaired) electrons. The molecule has 324 valence electrons. The molecule has 9 nitrogen and oxygen atoms in total. The van der Waals surface area contributed by atoms with Crippen molar-refractivity contribution in [3.05, 3.63) is 35.4 Å². The Morgan fingerprint density at radius 1 is 0.491 bits per heavy atom. The molecule has 0 N–H and O–H groups in total. The van der Waals surface area contributed by atoms with Gasteiger partial charge in [-0.1, -0.05) is 24.3 Å². The van der Waals surface area contributed by atoms with Crippen molar-refractivity contribution in [3.63, 3.8) is 0 Å². The molecule has 0 heterocycles. The Balaban J connectivity index is 2.85. The Hall–Kier alpha value is 0.812. The first-order chi connectivity index (χ1) is 24.6. The second-order valence-electron chi connectivity index (χ2n) is 21.1. The molecule has 1 aromatic carbocycles. The van der Waals surface area contributed by atoms with E-state index in [2.05, 4.69) is 142 Å². The number of ether oxygens (including phenoxy) is 2. The lowest BCUT2D eigenvalue weighted by Gasteiger charge is -2.43. The Morgan fingerprint density at radius 2 is 0.909 bits per heavy atom. The fourth-order valence-electron chi connectivity index (χ4n) is 6.72. The summed E-state index contributed by atoms with van der Waals surface area (Å²) in [5.74, 6) is 0. The van der Waals surface area contributed by atoms with Crippen LogP contribution in [0.5, 0.6) is 0 Å². The highest BCUT2D eigenvalue weighted by Crippen LogP contribution is 2.34. The van der Waals surface area contributed by atoms with Crippen LogP contribution in [0, 0.1) is 0 Å². The first-order valence-electron chi connectivity index (χ1n) is 20.6. The lowest BCUT2D eigenvalue weighted by atomic mass is 10.1. The second kappa shape index (κ2) is 21.6. The van der Waals surface area contributed by atoms with Crippen molar-refractivity contribution >= 4 is 75.8 Å². The summed E-state index contributed by atoms with van der Waals surface area (Å²) in [5.41, 5.74) is 2.57. The summed E-state index contributed by atoms with van der Waals surface area (Å²) >= 11 is 0. The van der Waals surface area contributed by atoms with Crippen LogP contribution in [-0.2, 0) is 51.6 Å². The molecule has 55 heavy (non-hydrogen) atoms. The van der Waals surface area contributed by atoms with Gasteiger partial charge in [0.1, 0.15) is 0 Å². The van der Waals surface area contributed by atoms with E-state index < -0.39 is 75.8 Å². The molecule has 18 heteroatoms. The van der Waals surface area contributed by atoms with E-state index in [1.54, 1.807) is 7.11 Å². The summed E-state index contributed by atoms with van der Waals surface area (Å²) in [6.45, 7) is 47.2. The van der Waals surface area contributed by atoms with Crippen molar-refractivity contribution in [2.24, 2.45) is 0 Å². The van der Waals surface area contributed by atoms with Gasteiger partial charge in [0.25, 0.3) is 0 Å². The highest BCUT2D eigenvalue weighted by atomic mass is 28.5. The fourth-order valence-corrected chi connectivity index (χ4v) is 47.9. The maximum absolute atomic E-state index is 7.11. The minimum atomic E-state index is -3.37. The standard InChI is InChI=1S/C37H86O9Si9/c1-35(2)40-55(41-47(4,5)6,42-48(7,8)9)46-53(18,19)32-31-52(16,17)45-54(20,21)44-51(14,15)30-29-50(12,13)43-49(10,11)28-25-36-23-22-24-37(33-36)34-39-27-26-38-3/h22-24,33,35H,25-32,34H2,1-21H3. The Bertz CT molecular complexity index is 1270. The van der Waals surface area contributed by atoms with E-state index in [-0.39, 0.29) is 6.10 Å². The molecular formula is C37H86O9Si9. The number of hydrogen-bond donors (Lipinski definition) is 0. The third kappa shape index (κ3) is 25.2. The molecule has 0 spiro atoms. The lowest BCUT2D eigenvalue weighted by Crippen LogP contribution is -2.63. The summed E-state index contributed by atoms with van der Waals surface area (Å²) in [6, 6.07) is 14.1. The maximum atomic E-state index is 7.11. The average Bonchev–Trinajstić information content (AvgIpc) is 2.92. The Kier molecular flexibility index (Phi) is 21.1. The fraction of sp³-hybridized carbons (Fsp3) is 0.838. The number of hydrogen-bond acceptors (Lipinski definition) is 9. The minimum absolute atomic E-state index is 0.0468. The smallest absolute Gasteiger partial charge is 0.455 e. The van der Waals surface area contributed by atoms with Crippen LogP contribution in [0.25, 0.3) is 0 Å². The highest BCUT2D eigenvalue weighted by Gasteiger charge is 2.55. The molecule has 0 atom stereocenters. The number of rotatable bonds is 28. The number of benzene rings is 1. The van der Waals surface area contributed by atoms with Crippen molar-refractivity contribution in [2.45, 2.75) is 181 Å². The molecular weight excluding hydrogens is 841 g/mol. The van der Waals surface area contributed by atoms with Crippen LogP contribution in [0.15, 0.2) is 24.3 Å². The summed E-state index contributed by atoms with van der Waals surface area (Å²) in [6.07, 6.45) is 0.989. The lowest BCUT2D eigenvalue weighted by molar-refractivity contribution is 0.0542. The van der Waals surface area contributed by atoms with E-state index in [9.17, 15) is 0 Å². The zero-order chi connectivity index (χ0) is 42.8. The molecule has 0 bridgehead atoms. The molecule has 0 saturated carbocycles. The van der Waals surface area contributed by atoms with Crippen LogP contribution in [0.4, 0.5) is 0 Å². The SMILES string of the molecule is COCCOCc1cccc(CC[Si](C)(C)O[Si](C)(C)CC[Si](C)(C)O[Si](C)(C)O[Si](C)(C)CC[Si](C)(C)O[Si](OC(C)C)(O[Si](C)(C)C)O[Si](C)(C)C)c1. The van der Waals surface area contributed by atoms with Crippen LogP contribution in [-0.4, -0.2) is 102 Å². The van der Waals surface area contributed by atoms with Crippen molar-refractivity contribution < 1.29 is 38.6 Å². The van der Waals surface area contributed by atoms with Crippen LogP contribution in [0.3, 0.4) is 0 Å². The van der Waals surface area contributed by atoms with Crippen LogP contribution >= 0.6 is 0 Å². The van der Waals surface area contributed by atoms with Gasteiger partial charge in [-0.05, 0) is 179 Å². The first-order valence-corrected chi connectivity index (χ1v) is 47.5. The number of methoxy groups -OCH3 is 1. The van der Waals surface area contributed by atoms with Crippen molar-refractivity contribution in [1.82, 2.24) is 0 Å². The van der Waals surface area contributed by atoms with Crippen molar-refractivity contribution in [3.8, 4) is 0 Å². The normalized spacial score (nSPS) is 14.7. The zero-order valence-electron chi connectivity index (χ0n) is 39.4. The van der Waals surface area contributed by atoms with E-state index in [1.807, 2.05) is 13.8 Å². The monoisotopic (exact) mass is 926 g/mol. The summed E-state index contributed by atoms with van der Waals surface area (Å²) < 4.78 is 59.4. The largest absolute Gasteiger partial charge is 0.647 e. The second-order valence-corrected chi connectivity index (χ2v) is 58.5. The maximum Gasteiger partial charge on any atom is 0.647 e. The zero-order valence-corrected chi connectivity index (χ0v) is 48.4. The molecule has 0 saturated heterocycles. The molecule has 0 fully saturated rings. The van der Waals surface area contributed by atoms with Crippen molar-refractivity contribution in [2.75, 3.05) is 20.3 Å². The third-order valence-electron chi connectivity index (χ3n) is 8.61. The van der Waals surface area contributed by atoms with Crippen LogP contribution < -0.4 is 0 Å². The quantitative estimate of drug-likeness (QED) is 0.0603. The summed E-state index contributed by atoms with van der Waals surface area (Å²) in [4.78, 5) is 0. The van der Waals surface area contributed by atoms with E-state index in [4.69, 9.17) is 38.6 Å². The highest BCUT2D eigenvalue weighted by molar-refractivity contribution is 6.91. The van der Waals surface area contributed by atoms with Gasteiger partial charge in [-0.15, -0.1) is 0 Å². The van der Waals surface area contributed by atoms with E-state index >= 15 is 0 Å². The summed E-state index contributed by atoms with van der Waals surface area (Å²) in [5, 5.41) is 0. The van der Waals surface area contributed by atoms with Gasteiger partial charge in [0.05, 0.1) is 19.8 Å². The minimum Gasteiger partial charge on any atom is -0.455 e. The van der Waals surface area contributed by atoms with Crippen molar-refractivity contribution in [1.29, 1.82) is 0 Å². The predicted octanol–water partition coefficient (Wildman–Crippen LogP) is 11.7. The number of aryl methyl sites for hydroxylation is 1. The van der Waals surface area contributed by atoms with E-state index in [0.29, 0.717) is 19.8 Å². The van der Waals surface area contributed by atoms with Crippen LogP contribution in [0.1, 0.15) is 25.0 Å². The van der Waals surface area contributed by atoms with Gasteiger partial charge in [0, 0.05) is 13.2 Å². The molecule has 0 aromatic heterocycles. The molecule has 0 aliphatic heterocycles. The van der Waals surface area contributed by atoms with Gasteiger partial charge in [-0.25, -0.2) is 0 Å². The molecule has 0 unspecified atom stereocenters. The average molecular weight is 928 g/mol. The first kappa shape index (κ1) is 53.8. The van der Waals surface area contributed by atoms with Gasteiger partial charge in [0.2, 0.25) is 0 Å². The topological polar surface area (TPSA) is 83.1 Å². The predicted molar refractivity (Wildman–Crippen MR) is 256 cm³/mol. The molecule has 0 aliphatic carbocycles. The third-order valence-corrected chi connectivity index (χ3v) is 40.5. The molecule has 0 amide bonds. The molecule has 1 aromatic rings. The van der Waals surface area contributed by atoms with E-state index in [0.717, 1.165) is 36.6 Å². The van der Waals surface area contributed by atoms with E-state index in [1.165, 1.54) is 11.1 Å².